The van der Waals surface area contributed by atoms with Crippen molar-refractivity contribution in [3.63, 3.8) is 0 Å². The molecule has 0 bridgehead atoms. The lowest BCUT2D eigenvalue weighted by atomic mass is 9.87. The third kappa shape index (κ3) is 8.80. The molecule has 1 aromatic carbocycles. The van der Waals surface area contributed by atoms with Crippen molar-refractivity contribution in [1.29, 1.82) is 0 Å². The van der Waals surface area contributed by atoms with Gasteiger partial charge in [0.25, 0.3) is 0 Å². The lowest BCUT2D eigenvalue weighted by Crippen LogP contribution is -2.18. The Morgan fingerprint density at radius 3 is 1.73 bits per heavy atom. The lowest BCUT2D eigenvalue weighted by molar-refractivity contribution is 0.0367. The Balaban J connectivity index is 0.000000980. The molecule has 0 aromatic heterocycles. The van der Waals surface area contributed by atoms with E-state index in [1.54, 1.807) is 0 Å². The fraction of sp³-hybridized carbons (Fsp3) is 0.611. The summed E-state index contributed by atoms with van der Waals surface area (Å²) < 4.78 is 5.28. The second-order valence-corrected chi connectivity index (χ2v) is 7.41. The van der Waals surface area contributed by atoms with E-state index in [4.69, 9.17) is 14.9 Å². The molecule has 0 aliphatic carbocycles. The molecule has 0 unspecified atom stereocenters. The van der Waals surface area contributed by atoms with E-state index in [2.05, 4.69) is 20.8 Å². The summed E-state index contributed by atoms with van der Waals surface area (Å²) in [5.41, 5.74) is 1.94. The molecule has 0 aliphatic rings. The van der Waals surface area contributed by atoms with Crippen LogP contribution in [0, 0.1) is 5.41 Å². The van der Waals surface area contributed by atoms with E-state index in [0.717, 1.165) is 0 Å². The van der Waals surface area contributed by atoms with Crippen molar-refractivity contribution in [3.8, 4) is 0 Å². The maximum atomic E-state index is 11.8. The van der Waals surface area contributed by atoms with Crippen LogP contribution in [0.4, 0.5) is 0 Å². The molecule has 126 valence electrons. The molecule has 0 fully saturated rings. The van der Waals surface area contributed by atoms with Gasteiger partial charge in [-0.3, -0.25) is 0 Å². The number of benzene rings is 1. The fourth-order valence-corrected chi connectivity index (χ4v) is 1.47. The van der Waals surface area contributed by atoms with Crippen molar-refractivity contribution in [3.05, 3.63) is 35.4 Å². The van der Waals surface area contributed by atoms with Crippen LogP contribution in [-0.2, 0) is 10.2 Å². The summed E-state index contributed by atoms with van der Waals surface area (Å²) in [7, 11) is 0. The second kappa shape index (κ2) is 8.91. The fourth-order valence-electron chi connectivity index (χ4n) is 1.47. The number of esters is 1. The number of hydrogen-bond acceptors (Lipinski definition) is 4. The van der Waals surface area contributed by atoms with Gasteiger partial charge in [-0.05, 0) is 28.5 Å². The van der Waals surface area contributed by atoms with Crippen LogP contribution in [0.15, 0.2) is 24.3 Å². The highest BCUT2D eigenvalue weighted by molar-refractivity contribution is 5.89. The Bertz CT molecular complexity index is 434. The van der Waals surface area contributed by atoms with Gasteiger partial charge in [0.1, 0.15) is 0 Å². The first-order valence-corrected chi connectivity index (χ1v) is 7.50. The van der Waals surface area contributed by atoms with Crippen LogP contribution in [0.5, 0.6) is 0 Å². The SMILES string of the molecule is CC(C)(C)COC(=O)c1ccc(C(C)(C)C)cc1.OCCO. The van der Waals surface area contributed by atoms with Crippen molar-refractivity contribution >= 4 is 5.97 Å². The van der Waals surface area contributed by atoms with Gasteiger partial charge in [-0.1, -0.05) is 53.7 Å². The molecule has 4 nitrogen and oxygen atoms in total. The molecule has 0 radical (unpaired) electrons. The van der Waals surface area contributed by atoms with Gasteiger partial charge in [-0.15, -0.1) is 0 Å². The molecule has 1 rings (SSSR count). The van der Waals surface area contributed by atoms with Gasteiger partial charge < -0.3 is 14.9 Å². The normalized spacial score (nSPS) is 11.5. The molecular formula is C18H30O4. The summed E-state index contributed by atoms with van der Waals surface area (Å²) in [4.78, 5) is 11.8. The molecule has 4 heteroatoms. The topological polar surface area (TPSA) is 66.8 Å². The van der Waals surface area contributed by atoms with Crippen LogP contribution in [0.3, 0.4) is 0 Å². The summed E-state index contributed by atoms with van der Waals surface area (Å²) in [5, 5.41) is 15.2. The lowest BCUT2D eigenvalue weighted by Gasteiger charge is -2.20. The number of hydrogen-bond donors (Lipinski definition) is 2. The van der Waals surface area contributed by atoms with Crippen molar-refractivity contribution < 1.29 is 19.7 Å². The summed E-state index contributed by atoms with van der Waals surface area (Å²) in [6.45, 7) is 12.8. The maximum Gasteiger partial charge on any atom is 0.338 e. The molecule has 0 heterocycles. The Kier molecular flexibility index (Phi) is 8.35. The van der Waals surface area contributed by atoms with Crippen LogP contribution in [-0.4, -0.2) is 36.0 Å². The monoisotopic (exact) mass is 310 g/mol. The largest absolute Gasteiger partial charge is 0.462 e. The van der Waals surface area contributed by atoms with Crippen molar-refractivity contribution in [2.24, 2.45) is 5.41 Å². The van der Waals surface area contributed by atoms with E-state index in [0.29, 0.717) is 12.2 Å². The number of aliphatic hydroxyl groups is 2. The molecule has 2 N–H and O–H groups in total. The maximum absolute atomic E-state index is 11.8. The molecule has 0 atom stereocenters. The Morgan fingerprint density at radius 1 is 0.955 bits per heavy atom. The second-order valence-electron chi connectivity index (χ2n) is 7.41. The molecule has 0 aliphatic heterocycles. The van der Waals surface area contributed by atoms with Gasteiger partial charge in [0.2, 0.25) is 0 Å². The zero-order valence-corrected chi connectivity index (χ0v) is 14.6. The molecule has 0 saturated heterocycles. The van der Waals surface area contributed by atoms with Crippen LogP contribution < -0.4 is 0 Å². The highest BCUT2D eigenvalue weighted by Gasteiger charge is 2.17. The average Bonchev–Trinajstić information content (AvgIpc) is 2.43. The minimum absolute atomic E-state index is 0.00100. The minimum atomic E-state index is -0.245. The van der Waals surface area contributed by atoms with Crippen molar-refractivity contribution in [1.82, 2.24) is 0 Å². The van der Waals surface area contributed by atoms with E-state index < -0.39 is 0 Å². The summed E-state index contributed by atoms with van der Waals surface area (Å²) in [6.07, 6.45) is 0. The molecule has 0 saturated carbocycles. The molecule has 0 spiro atoms. The Labute approximate surface area is 134 Å². The zero-order chi connectivity index (χ0) is 17.4. The van der Waals surface area contributed by atoms with E-state index >= 15 is 0 Å². The van der Waals surface area contributed by atoms with E-state index in [1.165, 1.54) is 5.56 Å². The van der Waals surface area contributed by atoms with Crippen LogP contribution >= 0.6 is 0 Å². The first-order chi connectivity index (χ1) is 10.0. The number of ether oxygens (including phenoxy) is 1. The van der Waals surface area contributed by atoms with Gasteiger partial charge in [0.05, 0.1) is 25.4 Å². The first kappa shape index (κ1) is 20.6. The molecule has 1 aromatic rings. The summed E-state index contributed by atoms with van der Waals surface area (Å²) in [6, 6.07) is 7.67. The number of aliphatic hydroxyl groups excluding tert-OH is 2. The zero-order valence-electron chi connectivity index (χ0n) is 14.6. The van der Waals surface area contributed by atoms with E-state index in [1.807, 2.05) is 45.0 Å². The predicted molar refractivity (Wildman–Crippen MR) is 89.1 cm³/mol. The van der Waals surface area contributed by atoms with Gasteiger partial charge in [-0.2, -0.15) is 0 Å². The quantitative estimate of drug-likeness (QED) is 0.842. The average molecular weight is 310 g/mol. The number of rotatable bonds is 3. The third-order valence-corrected chi connectivity index (χ3v) is 2.72. The summed E-state index contributed by atoms with van der Waals surface area (Å²) in [5.74, 6) is -0.245. The van der Waals surface area contributed by atoms with Gasteiger partial charge >= 0.3 is 5.97 Å². The highest BCUT2D eigenvalue weighted by atomic mass is 16.5. The van der Waals surface area contributed by atoms with Crippen molar-refractivity contribution in [2.45, 2.75) is 47.0 Å². The third-order valence-electron chi connectivity index (χ3n) is 2.72. The molecule has 0 amide bonds. The van der Waals surface area contributed by atoms with E-state index in [-0.39, 0.29) is 30.0 Å². The standard InChI is InChI=1S/C16H24O2.C2H6O2/c1-15(2,3)11-18-14(17)12-7-9-13(10-8-12)16(4,5)6;3-1-2-4/h7-10H,11H2,1-6H3;3-4H,1-2H2. The van der Waals surface area contributed by atoms with Gasteiger partial charge in [0, 0.05) is 0 Å². The van der Waals surface area contributed by atoms with Crippen LogP contribution in [0.1, 0.15) is 57.5 Å². The predicted octanol–water partition coefficient (Wildman–Crippen LogP) is 3.16. The first-order valence-electron chi connectivity index (χ1n) is 7.50. The Morgan fingerprint density at radius 2 is 1.41 bits per heavy atom. The summed E-state index contributed by atoms with van der Waals surface area (Å²) >= 11 is 0. The molecule has 22 heavy (non-hydrogen) atoms. The van der Waals surface area contributed by atoms with Gasteiger partial charge in [-0.25, -0.2) is 4.79 Å². The van der Waals surface area contributed by atoms with Crippen molar-refractivity contribution in [2.75, 3.05) is 19.8 Å². The number of carbonyl (C=O) groups excluding carboxylic acids is 1. The van der Waals surface area contributed by atoms with Crippen LogP contribution in [0.25, 0.3) is 0 Å². The minimum Gasteiger partial charge on any atom is -0.462 e. The molecular weight excluding hydrogens is 280 g/mol. The van der Waals surface area contributed by atoms with E-state index in [9.17, 15) is 4.79 Å². The number of carbonyl (C=O) groups is 1. The highest BCUT2D eigenvalue weighted by Crippen LogP contribution is 2.22. The van der Waals surface area contributed by atoms with Gasteiger partial charge in [0.15, 0.2) is 0 Å². The smallest absolute Gasteiger partial charge is 0.338 e. The Hall–Kier alpha value is -1.39. The van der Waals surface area contributed by atoms with Crippen LogP contribution in [0.2, 0.25) is 0 Å².